The lowest BCUT2D eigenvalue weighted by Gasteiger charge is -2.26. The van der Waals surface area contributed by atoms with E-state index < -0.39 is 0 Å². The zero-order valence-corrected chi connectivity index (χ0v) is 67.4. The summed E-state index contributed by atoms with van der Waals surface area (Å²) in [6.07, 6.45) is 0. The second kappa shape index (κ2) is 30.1. The van der Waals surface area contributed by atoms with Crippen LogP contribution < -0.4 is 19.6 Å². The van der Waals surface area contributed by atoms with Crippen molar-refractivity contribution >= 4 is 112 Å². The first-order valence-electron chi connectivity index (χ1n) is 41.5. The van der Waals surface area contributed by atoms with Gasteiger partial charge >= 0.3 is 0 Å². The van der Waals surface area contributed by atoms with Gasteiger partial charge in [0.25, 0.3) is 0 Å². The molecule has 0 saturated heterocycles. The van der Waals surface area contributed by atoms with Gasteiger partial charge in [0.2, 0.25) is 0 Å². The van der Waals surface area contributed by atoms with Gasteiger partial charge in [0.15, 0.2) is 0 Å². The lowest BCUT2D eigenvalue weighted by Crippen LogP contribution is -2.15. The molecule has 0 radical (unpaired) electrons. The highest BCUT2D eigenvalue weighted by atomic mass is 15.2. The van der Waals surface area contributed by atoms with E-state index >= 15 is 0 Å². The predicted octanol–water partition coefficient (Wildman–Crippen LogP) is 31.4. The number of para-hydroxylation sites is 7. The Morgan fingerprint density at radius 2 is 0.442 bits per heavy atom. The maximum Gasteiger partial charge on any atom is 0.0544 e. The number of nitrogens with zero attached hydrogens (tertiary/aromatic N) is 6. The summed E-state index contributed by atoms with van der Waals surface area (Å²) in [7, 11) is 0. The molecule has 0 spiro atoms. The van der Waals surface area contributed by atoms with E-state index in [4.69, 9.17) is 0 Å². The molecule has 0 N–H and O–H groups in total. The largest absolute Gasteiger partial charge is 0.311 e. The van der Waals surface area contributed by atoms with Crippen LogP contribution in [0.25, 0.3) is 99.5 Å². The van der Waals surface area contributed by atoms with Crippen molar-refractivity contribution in [3.63, 3.8) is 0 Å². The first kappa shape index (κ1) is 72.5. The standard InChI is InChI=1S/2C57H43N3/c1-57(2)52-29-16-15-28-49(52)50-35-37-54-55(56(50)57)51-39-48(58(42-20-9-4-10-21-42)43-22-11-5-12-23-43)34-36-53(51)60(54)47-27-17-26-46(38-47)59(44-24-13-6-14-25-44)45-32-30-41(31-33-45)40-18-7-3-8-19-40;1-57(2)52-26-16-15-25-49(52)50-36-38-54-55(56(50)57)51-39-48(59(44-21-11-5-12-22-44)45-23-13-6-14-24-45)35-37-53(51)60(54)47-33-29-41(30-34-47)40-27-31-46(32-28-40)58(42-17-7-3-8-18-42)43-19-9-4-10-20-43/h2*3-39H,1-2H3. The molecule has 0 saturated carbocycles. The van der Waals surface area contributed by atoms with E-state index in [0.29, 0.717) is 0 Å². The first-order chi connectivity index (χ1) is 59.1. The second-order valence-electron chi connectivity index (χ2n) is 32.4. The minimum absolute atomic E-state index is 0.175. The molecule has 20 aromatic rings. The van der Waals surface area contributed by atoms with Crippen molar-refractivity contribution in [3.8, 4) is 55.9 Å². The maximum atomic E-state index is 2.48. The molecular weight excluding hydrogens is 1450 g/mol. The molecule has 2 aromatic heterocycles. The molecule has 2 aliphatic carbocycles. The van der Waals surface area contributed by atoms with E-state index in [1.54, 1.807) is 0 Å². The third kappa shape index (κ3) is 12.6. The number of aromatic nitrogens is 2. The van der Waals surface area contributed by atoms with Crippen LogP contribution in [0.2, 0.25) is 0 Å². The Hall–Kier alpha value is -15.2. The number of hydrogen-bond donors (Lipinski definition) is 0. The van der Waals surface area contributed by atoms with Crippen LogP contribution in [0.15, 0.2) is 449 Å². The summed E-state index contributed by atoms with van der Waals surface area (Å²) in [5.41, 5.74) is 35.7. The third-order valence-electron chi connectivity index (χ3n) is 24.6. The smallest absolute Gasteiger partial charge is 0.0544 e. The van der Waals surface area contributed by atoms with E-state index in [1.807, 2.05) is 0 Å². The molecule has 2 aliphatic rings. The number of hydrogen-bond acceptors (Lipinski definition) is 4. The minimum Gasteiger partial charge on any atom is -0.311 e. The number of rotatable bonds is 16. The summed E-state index contributed by atoms with van der Waals surface area (Å²) in [6.45, 7) is 9.57. The Morgan fingerprint density at radius 1 is 0.183 bits per heavy atom. The normalized spacial score (nSPS) is 12.6. The quantitative estimate of drug-likeness (QED) is 0.0962. The van der Waals surface area contributed by atoms with Gasteiger partial charge in [-0.3, -0.25) is 0 Å². The van der Waals surface area contributed by atoms with Gasteiger partial charge in [-0.2, -0.15) is 0 Å². The van der Waals surface area contributed by atoms with E-state index in [-0.39, 0.29) is 10.8 Å². The molecule has 18 aromatic carbocycles. The summed E-state index contributed by atoms with van der Waals surface area (Å²) in [6, 6.07) is 163. The number of benzene rings is 18. The fourth-order valence-electron chi connectivity index (χ4n) is 19.2. The van der Waals surface area contributed by atoms with Crippen LogP contribution >= 0.6 is 0 Å². The zero-order valence-electron chi connectivity index (χ0n) is 67.4. The van der Waals surface area contributed by atoms with Gasteiger partial charge in [-0.25, -0.2) is 0 Å². The number of anilines is 12. The van der Waals surface area contributed by atoms with Gasteiger partial charge in [0.05, 0.1) is 22.1 Å². The van der Waals surface area contributed by atoms with Crippen LogP contribution in [0.4, 0.5) is 68.2 Å². The Balaban J connectivity index is 0.000000148. The molecule has 0 fully saturated rings. The van der Waals surface area contributed by atoms with Gasteiger partial charge in [0.1, 0.15) is 0 Å². The summed E-state index contributed by atoms with van der Waals surface area (Å²) in [5.74, 6) is 0. The van der Waals surface area contributed by atoms with Crippen LogP contribution in [0.5, 0.6) is 0 Å². The topological polar surface area (TPSA) is 22.8 Å². The molecule has 2 heterocycles. The molecule has 0 amide bonds. The molecule has 572 valence electrons. The molecule has 22 rings (SSSR count). The summed E-state index contributed by atoms with van der Waals surface area (Å²) in [5, 5.41) is 5.10. The highest BCUT2D eigenvalue weighted by Crippen LogP contribution is 2.57. The lowest BCUT2D eigenvalue weighted by molar-refractivity contribution is 0.666. The van der Waals surface area contributed by atoms with E-state index in [1.165, 1.54) is 110 Å². The van der Waals surface area contributed by atoms with Crippen molar-refractivity contribution in [3.05, 3.63) is 471 Å². The van der Waals surface area contributed by atoms with E-state index in [9.17, 15) is 0 Å². The van der Waals surface area contributed by atoms with E-state index in [2.05, 4.69) is 505 Å². The van der Waals surface area contributed by atoms with Crippen molar-refractivity contribution in [2.24, 2.45) is 0 Å². The predicted molar refractivity (Wildman–Crippen MR) is 506 cm³/mol. The maximum absolute atomic E-state index is 2.48. The average Bonchev–Trinajstić information content (AvgIpc) is 1.54. The van der Waals surface area contributed by atoms with Crippen LogP contribution in [-0.4, -0.2) is 9.13 Å². The van der Waals surface area contributed by atoms with Crippen molar-refractivity contribution in [2.75, 3.05) is 19.6 Å². The highest BCUT2D eigenvalue weighted by Gasteiger charge is 2.40. The Morgan fingerprint density at radius 3 is 0.800 bits per heavy atom. The van der Waals surface area contributed by atoms with Gasteiger partial charge in [-0.05, 0) is 255 Å². The van der Waals surface area contributed by atoms with Gasteiger partial charge in [0, 0.05) is 112 Å². The van der Waals surface area contributed by atoms with Crippen molar-refractivity contribution < 1.29 is 0 Å². The second-order valence-corrected chi connectivity index (χ2v) is 32.4. The first-order valence-corrected chi connectivity index (χ1v) is 41.5. The Bertz CT molecular complexity index is 7030. The molecule has 0 aliphatic heterocycles. The van der Waals surface area contributed by atoms with Gasteiger partial charge in [-0.15, -0.1) is 0 Å². The monoisotopic (exact) mass is 1540 g/mol. The van der Waals surface area contributed by atoms with Crippen molar-refractivity contribution in [1.29, 1.82) is 0 Å². The van der Waals surface area contributed by atoms with E-state index in [0.717, 1.165) is 79.6 Å². The molecule has 120 heavy (non-hydrogen) atoms. The lowest BCUT2D eigenvalue weighted by atomic mass is 9.80. The fourth-order valence-corrected chi connectivity index (χ4v) is 19.2. The summed E-state index contributed by atoms with van der Waals surface area (Å²) < 4.78 is 4.95. The molecule has 0 bridgehead atoms. The fraction of sp³-hybridized carbons (Fsp3) is 0.0526. The van der Waals surface area contributed by atoms with Gasteiger partial charge < -0.3 is 28.7 Å². The Labute approximate surface area is 701 Å². The SMILES string of the molecule is CC1(C)c2ccccc2-c2ccc3c(c21)c1cc(N(c2ccccc2)c2ccccc2)ccc1n3-c1ccc(-c2ccc(N(c3ccccc3)c3ccccc3)cc2)cc1.CC1(C)c2ccccc2-c2ccc3c(c21)c1cc(N(c2ccccc2)c2ccccc2)ccc1n3-c1cccc(N(c2ccccc2)c2ccc(-c3ccccc3)cc2)c1. The molecule has 6 nitrogen and oxygen atoms in total. The zero-order chi connectivity index (χ0) is 80.4. The van der Waals surface area contributed by atoms with Crippen molar-refractivity contribution in [2.45, 2.75) is 38.5 Å². The van der Waals surface area contributed by atoms with Gasteiger partial charge in [-0.1, -0.05) is 289 Å². The van der Waals surface area contributed by atoms with Crippen LogP contribution in [0.1, 0.15) is 49.9 Å². The molecular formula is C114H86N6. The summed E-state index contributed by atoms with van der Waals surface area (Å²) in [4.78, 5) is 9.40. The summed E-state index contributed by atoms with van der Waals surface area (Å²) >= 11 is 0. The highest BCUT2D eigenvalue weighted by molar-refractivity contribution is 6.17. The third-order valence-corrected chi connectivity index (χ3v) is 24.6. The van der Waals surface area contributed by atoms with Crippen molar-refractivity contribution in [1.82, 2.24) is 9.13 Å². The average molecular weight is 1540 g/mol. The molecule has 0 atom stereocenters. The Kier molecular flexibility index (Phi) is 18.2. The molecule has 0 unspecified atom stereocenters. The van der Waals surface area contributed by atoms with Crippen LogP contribution in [-0.2, 0) is 10.8 Å². The number of fused-ring (bicyclic) bond motifs is 14. The van der Waals surface area contributed by atoms with Crippen LogP contribution in [0.3, 0.4) is 0 Å². The van der Waals surface area contributed by atoms with Crippen LogP contribution in [0, 0.1) is 0 Å². The minimum atomic E-state index is -0.197. The molecule has 6 heteroatoms.